The molecule has 0 aliphatic heterocycles. The van der Waals surface area contributed by atoms with E-state index in [9.17, 15) is 14.4 Å². The summed E-state index contributed by atoms with van der Waals surface area (Å²) in [6.45, 7) is 6.46. The first kappa shape index (κ1) is 63.6. The summed E-state index contributed by atoms with van der Waals surface area (Å²) in [6, 6.07) is 0. The fourth-order valence-corrected chi connectivity index (χ4v) is 7.73. The molecule has 0 amide bonds. The van der Waals surface area contributed by atoms with Crippen LogP contribution in [0.4, 0.5) is 0 Å². The molecule has 6 nitrogen and oxygen atoms in total. The smallest absolute Gasteiger partial charge is 0.306 e. The highest BCUT2D eigenvalue weighted by Gasteiger charge is 2.19. The van der Waals surface area contributed by atoms with Crippen molar-refractivity contribution in [3.63, 3.8) is 0 Å². The van der Waals surface area contributed by atoms with Gasteiger partial charge >= 0.3 is 17.9 Å². The Morgan fingerprint density at radius 1 is 0.313 bits per heavy atom. The monoisotopic (exact) mass is 933 g/mol. The average Bonchev–Trinajstić information content (AvgIpc) is 3.33. The lowest BCUT2D eigenvalue weighted by Crippen LogP contribution is -2.30. The van der Waals surface area contributed by atoms with Gasteiger partial charge in [-0.15, -0.1) is 0 Å². The van der Waals surface area contributed by atoms with Crippen molar-refractivity contribution in [2.45, 2.75) is 271 Å². The molecule has 0 rings (SSSR count). The van der Waals surface area contributed by atoms with Crippen LogP contribution >= 0.6 is 0 Å². The predicted molar refractivity (Wildman–Crippen MR) is 288 cm³/mol. The Bertz CT molecular complexity index is 1300. The van der Waals surface area contributed by atoms with E-state index in [1.165, 1.54) is 109 Å². The molecule has 0 radical (unpaired) electrons. The summed E-state index contributed by atoms with van der Waals surface area (Å²) in [5, 5.41) is 0. The van der Waals surface area contributed by atoms with Gasteiger partial charge in [-0.05, 0) is 89.9 Å². The number of carbonyl (C=O) groups is 3. The number of esters is 3. The summed E-state index contributed by atoms with van der Waals surface area (Å²) in [7, 11) is 0. The summed E-state index contributed by atoms with van der Waals surface area (Å²) in [5.74, 6) is -0.937. The molecule has 0 spiro atoms. The molecule has 0 aromatic heterocycles. The van der Waals surface area contributed by atoms with Crippen LogP contribution in [0.5, 0.6) is 0 Å². The van der Waals surface area contributed by atoms with Gasteiger partial charge in [-0.1, -0.05) is 241 Å². The van der Waals surface area contributed by atoms with Crippen molar-refractivity contribution in [3.05, 3.63) is 85.1 Å². The number of carbonyl (C=O) groups excluding carboxylic acids is 3. The molecule has 6 heteroatoms. The van der Waals surface area contributed by atoms with E-state index in [-0.39, 0.29) is 31.1 Å². The second kappa shape index (κ2) is 55.2. The minimum absolute atomic E-state index is 0.0958. The van der Waals surface area contributed by atoms with Crippen LogP contribution < -0.4 is 0 Å². The number of unbranched alkanes of at least 4 members (excludes halogenated alkanes) is 29. The first-order chi connectivity index (χ1) is 33.0. The molecule has 0 bridgehead atoms. The van der Waals surface area contributed by atoms with Gasteiger partial charge in [0, 0.05) is 19.3 Å². The van der Waals surface area contributed by atoms with Crippen molar-refractivity contribution in [1.29, 1.82) is 0 Å². The van der Waals surface area contributed by atoms with Crippen molar-refractivity contribution in [2.75, 3.05) is 13.2 Å². The van der Waals surface area contributed by atoms with Crippen LogP contribution in [0.1, 0.15) is 265 Å². The number of allylic oxidation sites excluding steroid dienone is 14. The van der Waals surface area contributed by atoms with Gasteiger partial charge in [-0.3, -0.25) is 14.4 Å². The van der Waals surface area contributed by atoms with E-state index in [4.69, 9.17) is 14.2 Å². The summed E-state index contributed by atoms with van der Waals surface area (Å²) < 4.78 is 16.8. The largest absolute Gasteiger partial charge is 0.462 e. The summed E-state index contributed by atoms with van der Waals surface area (Å²) in [6.07, 6.45) is 71.4. The minimum Gasteiger partial charge on any atom is -0.462 e. The first-order valence-electron chi connectivity index (χ1n) is 28.2. The average molecular weight is 933 g/mol. The van der Waals surface area contributed by atoms with E-state index in [2.05, 4.69) is 87.6 Å². The molecule has 67 heavy (non-hydrogen) atoms. The third-order valence-corrected chi connectivity index (χ3v) is 12.0. The zero-order chi connectivity index (χ0) is 48.6. The number of hydrogen-bond donors (Lipinski definition) is 0. The fraction of sp³-hybridized carbons (Fsp3) is 0.721. The maximum atomic E-state index is 12.8. The minimum atomic E-state index is -0.798. The molecule has 0 N–H and O–H groups in total. The van der Waals surface area contributed by atoms with E-state index in [0.29, 0.717) is 19.3 Å². The Morgan fingerprint density at radius 3 is 0.970 bits per heavy atom. The number of ether oxygens (including phenoxy) is 3. The Hall–Kier alpha value is -3.41. The lowest BCUT2D eigenvalue weighted by Gasteiger charge is -2.18. The quantitative estimate of drug-likeness (QED) is 0.0199. The van der Waals surface area contributed by atoms with Crippen LogP contribution in [-0.2, 0) is 28.6 Å². The maximum absolute atomic E-state index is 12.8. The number of hydrogen-bond acceptors (Lipinski definition) is 6. The van der Waals surface area contributed by atoms with Crippen LogP contribution in [0.2, 0.25) is 0 Å². The van der Waals surface area contributed by atoms with Gasteiger partial charge in [0.15, 0.2) is 6.10 Å². The molecule has 0 aromatic rings. The normalized spacial score (nSPS) is 12.7. The topological polar surface area (TPSA) is 78.9 Å². The molecule has 0 heterocycles. The Morgan fingerprint density at radius 2 is 0.597 bits per heavy atom. The summed E-state index contributed by atoms with van der Waals surface area (Å²) in [4.78, 5) is 38.1. The molecule has 0 saturated heterocycles. The zero-order valence-electron chi connectivity index (χ0n) is 43.9. The highest BCUT2D eigenvalue weighted by molar-refractivity contribution is 5.71. The molecular weight excluding hydrogens is 829 g/mol. The van der Waals surface area contributed by atoms with Gasteiger partial charge in [-0.25, -0.2) is 0 Å². The standard InChI is InChI=1S/C61H104O6/c1-4-7-10-13-16-19-22-25-28-30-31-34-36-39-42-45-48-51-54-60(63)66-57-58(56-65-59(62)53-50-47-44-41-38-35-32-27-24-21-18-15-12-9-6-3)67-61(64)55-52-49-46-43-40-37-33-29-26-23-20-17-14-11-8-5-2/h9,12,15,18,21,24,27-34,58H,4-8,10-11,13-14,16-17,19-20,22-23,25-26,35-57H2,1-3H3/b12-9-,18-15-,24-21-,30-28-,32-27-,33-29-,34-31-. The van der Waals surface area contributed by atoms with Gasteiger partial charge in [0.1, 0.15) is 13.2 Å². The van der Waals surface area contributed by atoms with Gasteiger partial charge < -0.3 is 14.2 Å². The van der Waals surface area contributed by atoms with Gasteiger partial charge in [0.2, 0.25) is 0 Å². The highest BCUT2D eigenvalue weighted by Crippen LogP contribution is 2.14. The van der Waals surface area contributed by atoms with E-state index in [0.717, 1.165) is 116 Å². The Balaban J connectivity index is 4.46. The van der Waals surface area contributed by atoms with Crippen molar-refractivity contribution in [1.82, 2.24) is 0 Å². The van der Waals surface area contributed by atoms with Crippen LogP contribution in [-0.4, -0.2) is 37.2 Å². The molecule has 0 aliphatic rings. The van der Waals surface area contributed by atoms with Crippen molar-refractivity contribution in [3.8, 4) is 0 Å². The molecular formula is C61H104O6. The first-order valence-corrected chi connectivity index (χ1v) is 28.2. The molecule has 0 aliphatic carbocycles. The SMILES string of the molecule is CC\C=C/C=C\C=C/C=C\CCCCCCCC(=O)OCC(COC(=O)CCCCCCC/C=C\C=C/CCCCCCCCC)OC(=O)CCCCCCC/C=C\CCCCCCCCC. The van der Waals surface area contributed by atoms with Gasteiger partial charge in [-0.2, -0.15) is 0 Å². The summed E-state index contributed by atoms with van der Waals surface area (Å²) >= 11 is 0. The molecule has 1 unspecified atom stereocenters. The van der Waals surface area contributed by atoms with E-state index >= 15 is 0 Å². The predicted octanol–water partition coefficient (Wildman–Crippen LogP) is 18.8. The molecule has 0 saturated carbocycles. The molecule has 0 fully saturated rings. The third-order valence-electron chi connectivity index (χ3n) is 12.0. The molecule has 384 valence electrons. The van der Waals surface area contributed by atoms with E-state index in [1.54, 1.807) is 0 Å². The third kappa shape index (κ3) is 53.4. The Kier molecular flexibility index (Phi) is 52.4. The van der Waals surface area contributed by atoms with Gasteiger partial charge in [0.05, 0.1) is 0 Å². The van der Waals surface area contributed by atoms with E-state index in [1.807, 2.05) is 18.2 Å². The van der Waals surface area contributed by atoms with Crippen LogP contribution in [0.3, 0.4) is 0 Å². The highest BCUT2D eigenvalue weighted by atomic mass is 16.6. The van der Waals surface area contributed by atoms with E-state index < -0.39 is 6.10 Å². The lowest BCUT2D eigenvalue weighted by molar-refractivity contribution is -0.167. The summed E-state index contributed by atoms with van der Waals surface area (Å²) in [5.41, 5.74) is 0. The maximum Gasteiger partial charge on any atom is 0.306 e. The lowest BCUT2D eigenvalue weighted by atomic mass is 10.1. The Labute approximate surface area is 414 Å². The van der Waals surface area contributed by atoms with Crippen molar-refractivity contribution in [2.24, 2.45) is 0 Å². The fourth-order valence-electron chi connectivity index (χ4n) is 7.73. The van der Waals surface area contributed by atoms with Crippen molar-refractivity contribution < 1.29 is 28.6 Å². The van der Waals surface area contributed by atoms with Gasteiger partial charge in [0.25, 0.3) is 0 Å². The second-order valence-corrected chi connectivity index (χ2v) is 18.6. The molecule has 0 aromatic carbocycles. The second-order valence-electron chi connectivity index (χ2n) is 18.6. The molecule has 1 atom stereocenters. The van der Waals surface area contributed by atoms with Crippen LogP contribution in [0, 0.1) is 0 Å². The van der Waals surface area contributed by atoms with Crippen molar-refractivity contribution >= 4 is 17.9 Å². The number of rotatable bonds is 50. The van der Waals surface area contributed by atoms with Crippen LogP contribution in [0.25, 0.3) is 0 Å². The van der Waals surface area contributed by atoms with Crippen LogP contribution in [0.15, 0.2) is 85.1 Å². The zero-order valence-corrected chi connectivity index (χ0v) is 43.9.